The summed E-state index contributed by atoms with van der Waals surface area (Å²) in [6.45, 7) is 10.4. The average molecular weight is 494 g/mol. The van der Waals surface area contributed by atoms with Crippen molar-refractivity contribution in [3.05, 3.63) is 34.9 Å². The maximum Gasteiger partial charge on any atom is 0.219 e. The smallest absolute Gasteiger partial charge is 0.219 e. The molecule has 6 nitrogen and oxygen atoms in total. The minimum absolute atomic E-state index is 0. The number of benzene rings is 1. The van der Waals surface area contributed by atoms with Crippen LogP contribution in [-0.2, 0) is 11.3 Å². The second kappa shape index (κ2) is 12.3. The van der Waals surface area contributed by atoms with Gasteiger partial charge >= 0.3 is 0 Å². The fourth-order valence-electron chi connectivity index (χ4n) is 2.72. The molecule has 1 amide bonds. The fraction of sp³-hybridized carbons (Fsp3) is 0.556. The number of piperazine rings is 1. The first-order valence-corrected chi connectivity index (χ1v) is 9.20. The SMILES string of the molecule is CCNC(=NCc1ccc(Cl)cc1)NCCN1CCN(C(C)=O)CC1.I. The third kappa shape index (κ3) is 8.09. The van der Waals surface area contributed by atoms with Gasteiger partial charge in [-0.1, -0.05) is 23.7 Å². The lowest BCUT2D eigenvalue weighted by molar-refractivity contribution is -0.130. The zero-order chi connectivity index (χ0) is 18.1. The van der Waals surface area contributed by atoms with E-state index in [1.54, 1.807) is 6.92 Å². The highest BCUT2D eigenvalue weighted by Crippen LogP contribution is 2.10. The van der Waals surface area contributed by atoms with Gasteiger partial charge in [-0.25, -0.2) is 4.99 Å². The Morgan fingerprint density at radius 2 is 1.81 bits per heavy atom. The Hall–Kier alpha value is -1.06. The molecule has 0 aliphatic carbocycles. The molecular formula is C18H29ClIN5O. The van der Waals surface area contributed by atoms with E-state index in [1.165, 1.54) is 0 Å². The number of carbonyl (C=O) groups is 1. The lowest BCUT2D eigenvalue weighted by Crippen LogP contribution is -2.50. The van der Waals surface area contributed by atoms with Crippen molar-refractivity contribution in [2.45, 2.75) is 20.4 Å². The predicted molar refractivity (Wildman–Crippen MR) is 118 cm³/mol. The van der Waals surface area contributed by atoms with Crippen molar-refractivity contribution < 1.29 is 4.79 Å². The third-order valence-corrected chi connectivity index (χ3v) is 4.47. The number of hydrogen-bond donors (Lipinski definition) is 2. The van der Waals surface area contributed by atoms with Crippen LogP contribution in [0.15, 0.2) is 29.3 Å². The first kappa shape index (κ1) is 23.0. The number of nitrogens with zero attached hydrogens (tertiary/aromatic N) is 3. The molecule has 1 aliphatic heterocycles. The molecule has 2 N–H and O–H groups in total. The third-order valence-electron chi connectivity index (χ3n) is 4.22. The fourth-order valence-corrected chi connectivity index (χ4v) is 2.85. The van der Waals surface area contributed by atoms with E-state index >= 15 is 0 Å². The van der Waals surface area contributed by atoms with Crippen LogP contribution < -0.4 is 10.6 Å². The van der Waals surface area contributed by atoms with Crippen LogP contribution in [0.1, 0.15) is 19.4 Å². The number of nitrogens with one attached hydrogen (secondary N) is 2. The summed E-state index contributed by atoms with van der Waals surface area (Å²) in [5.74, 6) is 0.987. The summed E-state index contributed by atoms with van der Waals surface area (Å²) in [4.78, 5) is 20.2. The highest BCUT2D eigenvalue weighted by Gasteiger charge is 2.17. The van der Waals surface area contributed by atoms with Gasteiger partial charge in [-0.15, -0.1) is 24.0 Å². The standard InChI is InChI=1S/C18H28ClN5O.HI/c1-3-20-18(22-14-16-4-6-17(19)7-5-16)21-8-9-23-10-12-24(13-11-23)15(2)25;/h4-7H,3,8-14H2,1-2H3,(H2,20,21,22);1H. The Morgan fingerprint density at radius 3 is 2.38 bits per heavy atom. The summed E-state index contributed by atoms with van der Waals surface area (Å²) in [6.07, 6.45) is 0. The van der Waals surface area contributed by atoms with Gasteiger partial charge in [-0.3, -0.25) is 9.69 Å². The van der Waals surface area contributed by atoms with Crippen LogP contribution in [0.2, 0.25) is 5.02 Å². The normalized spacial score (nSPS) is 15.3. The van der Waals surface area contributed by atoms with Crippen molar-refractivity contribution in [1.29, 1.82) is 0 Å². The molecule has 1 aromatic carbocycles. The van der Waals surface area contributed by atoms with Crippen molar-refractivity contribution in [2.75, 3.05) is 45.8 Å². The first-order valence-electron chi connectivity index (χ1n) is 8.83. The predicted octanol–water partition coefficient (Wildman–Crippen LogP) is 2.18. The van der Waals surface area contributed by atoms with E-state index in [-0.39, 0.29) is 29.9 Å². The van der Waals surface area contributed by atoms with Crippen LogP contribution in [0.4, 0.5) is 0 Å². The highest BCUT2D eigenvalue weighted by molar-refractivity contribution is 14.0. The first-order chi connectivity index (χ1) is 12.1. The molecule has 1 fully saturated rings. The van der Waals surface area contributed by atoms with Crippen LogP contribution in [0.25, 0.3) is 0 Å². The van der Waals surface area contributed by atoms with Gasteiger partial charge in [0.05, 0.1) is 6.54 Å². The van der Waals surface area contributed by atoms with Crippen molar-refractivity contribution in [3.8, 4) is 0 Å². The van der Waals surface area contributed by atoms with Gasteiger partial charge < -0.3 is 15.5 Å². The van der Waals surface area contributed by atoms with Crippen molar-refractivity contribution in [3.63, 3.8) is 0 Å². The minimum atomic E-state index is 0. The average Bonchev–Trinajstić information content (AvgIpc) is 2.61. The maximum atomic E-state index is 11.4. The quantitative estimate of drug-likeness (QED) is 0.362. The molecule has 26 heavy (non-hydrogen) atoms. The molecule has 0 radical (unpaired) electrons. The molecule has 8 heteroatoms. The Morgan fingerprint density at radius 1 is 1.15 bits per heavy atom. The van der Waals surface area contributed by atoms with Crippen molar-refractivity contribution in [1.82, 2.24) is 20.4 Å². The summed E-state index contributed by atoms with van der Waals surface area (Å²) < 4.78 is 0. The molecular weight excluding hydrogens is 465 g/mol. The molecule has 1 aromatic rings. The van der Waals surface area contributed by atoms with E-state index in [4.69, 9.17) is 11.6 Å². The minimum Gasteiger partial charge on any atom is -0.357 e. The zero-order valence-electron chi connectivity index (χ0n) is 15.5. The van der Waals surface area contributed by atoms with Gasteiger partial charge in [0.2, 0.25) is 5.91 Å². The lowest BCUT2D eigenvalue weighted by Gasteiger charge is -2.34. The number of hydrogen-bond acceptors (Lipinski definition) is 3. The van der Waals surface area contributed by atoms with Crippen molar-refractivity contribution >= 4 is 47.4 Å². The van der Waals surface area contributed by atoms with E-state index < -0.39 is 0 Å². The van der Waals surface area contributed by atoms with E-state index in [0.29, 0.717) is 6.54 Å². The number of halogens is 2. The number of guanidine groups is 1. The maximum absolute atomic E-state index is 11.4. The van der Waals surface area contributed by atoms with Crippen LogP contribution in [0, 0.1) is 0 Å². The summed E-state index contributed by atoms with van der Waals surface area (Å²) >= 11 is 5.91. The van der Waals surface area contributed by atoms with E-state index in [0.717, 1.165) is 62.4 Å². The van der Waals surface area contributed by atoms with Crippen LogP contribution in [0.3, 0.4) is 0 Å². The Kier molecular flexibility index (Phi) is 10.9. The van der Waals surface area contributed by atoms with Gasteiger partial charge in [0.1, 0.15) is 0 Å². The molecule has 0 aromatic heterocycles. The summed E-state index contributed by atoms with van der Waals surface area (Å²) in [6, 6.07) is 7.74. The van der Waals surface area contributed by atoms with Gasteiger partial charge in [0.25, 0.3) is 0 Å². The Bertz CT molecular complexity index is 573. The summed E-state index contributed by atoms with van der Waals surface area (Å²) in [5.41, 5.74) is 1.13. The Balaban J connectivity index is 0.00000338. The zero-order valence-corrected chi connectivity index (χ0v) is 18.6. The van der Waals surface area contributed by atoms with E-state index in [9.17, 15) is 4.79 Å². The highest BCUT2D eigenvalue weighted by atomic mass is 127. The molecule has 0 unspecified atom stereocenters. The molecule has 1 aliphatic rings. The van der Waals surface area contributed by atoms with Crippen molar-refractivity contribution in [2.24, 2.45) is 4.99 Å². The van der Waals surface area contributed by atoms with E-state index in [1.807, 2.05) is 29.2 Å². The molecule has 2 rings (SSSR count). The molecule has 0 bridgehead atoms. The number of amides is 1. The molecule has 1 heterocycles. The number of carbonyl (C=O) groups excluding carboxylic acids is 1. The second-order valence-electron chi connectivity index (χ2n) is 6.10. The second-order valence-corrected chi connectivity index (χ2v) is 6.53. The molecule has 146 valence electrons. The lowest BCUT2D eigenvalue weighted by atomic mass is 10.2. The largest absolute Gasteiger partial charge is 0.357 e. The van der Waals surface area contributed by atoms with E-state index in [2.05, 4.69) is 27.4 Å². The van der Waals surface area contributed by atoms with Gasteiger partial charge in [-0.2, -0.15) is 0 Å². The van der Waals surface area contributed by atoms with Gasteiger partial charge in [0.15, 0.2) is 5.96 Å². The monoisotopic (exact) mass is 493 g/mol. The summed E-state index contributed by atoms with van der Waals surface area (Å²) in [5, 5.41) is 7.38. The molecule has 0 spiro atoms. The van der Waals surface area contributed by atoms with Gasteiger partial charge in [-0.05, 0) is 24.6 Å². The number of aliphatic imine (C=N–C) groups is 1. The summed E-state index contributed by atoms with van der Waals surface area (Å²) in [7, 11) is 0. The Labute approximate surface area is 178 Å². The van der Waals surface area contributed by atoms with Crippen LogP contribution >= 0.6 is 35.6 Å². The molecule has 1 saturated heterocycles. The number of rotatable bonds is 6. The molecule has 0 atom stereocenters. The van der Waals surface area contributed by atoms with Gasteiger partial charge in [0, 0.05) is 57.8 Å². The molecule has 0 saturated carbocycles. The van der Waals surface area contributed by atoms with Crippen LogP contribution in [-0.4, -0.2) is 67.5 Å². The topological polar surface area (TPSA) is 60.0 Å². The van der Waals surface area contributed by atoms with Crippen LogP contribution in [0.5, 0.6) is 0 Å².